The van der Waals surface area contributed by atoms with Crippen LogP contribution in [0.4, 0.5) is 0 Å². The van der Waals surface area contributed by atoms with Crippen LogP contribution in [-0.4, -0.2) is 16.1 Å². The molecule has 0 N–H and O–H groups in total. The first-order chi connectivity index (χ1) is 3.41. The molecule has 0 unspecified atom stereocenters. The van der Waals surface area contributed by atoms with Crippen molar-refractivity contribution in [1.29, 1.82) is 0 Å². The molecule has 0 nitrogen and oxygen atoms in total. The minimum atomic E-state index is -0.524. The Hall–Kier alpha value is 0.434. The molecule has 1 aliphatic heterocycles. The lowest BCUT2D eigenvalue weighted by Crippen LogP contribution is -2.55. The van der Waals surface area contributed by atoms with E-state index in [1.807, 2.05) is 0 Å². The van der Waals surface area contributed by atoms with E-state index in [0.717, 1.165) is 0 Å². The molecule has 1 saturated heterocycles. The van der Waals surface area contributed by atoms with Crippen molar-refractivity contribution in [3.63, 3.8) is 0 Å². The van der Waals surface area contributed by atoms with Crippen molar-refractivity contribution in [3.8, 4) is 0 Å². The average molecular weight is 144 g/mol. The topological polar surface area (TPSA) is 0 Å². The molecule has 8 heavy (non-hydrogen) atoms. The summed E-state index contributed by atoms with van der Waals surface area (Å²) < 4.78 is 0. The Labute approximate surface area is 54.3 Å². The van der Waals surface area contributed by atoms with Gasteiger partial charge >= 0.3 is 0 Å². The summed E-state index contributed by atoms with van der Waals surface area (Å²) in [4.78, 5) is 0. The second kappa shape index (κ2) is 1.48. The molecular weight excluding hydrogens is 128 g/mol. The molecule has 0 atom stereocenters. The van der Waals surface area contributed by atoms with Gasteiger partial charge < -0.3 is 0 Å². The Balaban J connectivity index is 2.42. The molecule has 48 valence electrons. The molecule has 1 aliphatic rings. The normalized spacial score (nSPS) is 31.5. The van der Waals surface area contributed by atoms with Gasteiger partial charge in [0.05, 0.1) is 0 Å². The minimum absolute atomic E-state index is 0.524. The van der Waals surface area contributed by atoms with Crippen LogP contribution >= 0.6 is 0 Å². The quantitative estimate of drug-likeness (QED) is 0.458. The lowest BCUT2D eigenvalue weighted by Gasteiger charge is -2.46. The fourth-order valence-electron chi connectivity index (χ4n) is 2.54. The van der Waals surface area contributed by atoms with Crippen molar-refractivity contribution in [1.82, 2.24) is 0 Å². The van der Waals surface area contributed by atoms with Gasteiger partial charge in [-0.25, -0.2) is 0 Å². The fourth-order valence-corrected chi connectivity index (χ4v) is 22.9. The number of rotatable bonds is 0. The Morgan fingerprint density at radius 2 is 1.00 bits per heavy atom. The summed E-state index contributed by atoms with van der Waals surface area (Å²) in [7, 11) is -1.05. The van der Waals surface area contributed by atoms with Crippen LogP contribution in [0.3, 0.4) is 0 Å². The highest BCUT2D eigenvalue weighted by molar-refractivity contribution is 7.11. The fraction of sp³-hybridized carbons (Fsp3) is 1.00. The molecule has 2 heteroatoms. The summed E-state index contributed by atoms with van der Waals surface area (Å²) in [6.07, 6.45) is 0. The van der Waals surface area contributed by atoms with Gasteiger partial charge in [0.1, 0.15) is 0 Å². The average Bonchev–Trinajstić information content (AvgIpc) is 1.20. The SMILES string of the molecule is C[Si]1(C)C[Si](C)(C)C1. The second-order valence-corrected chi connectivity index (χ2v) is 16.2. The van der Waals surface area contributed by atoms with Crippen molar-refractivity contribution in [2.75, 3.05) is 0 Å². The third-order valence-electron chi connectivity index (χ3n) is 1.91. The molecule has 0 radical (unpaired) electrons. The van der Waals surface area contributed by atoms with Crippen LogP contribution in [0.15, 0.2) is 0 Å². The van der Waals surface area contributed by atoms with Crippen LogP contribution in [0.2, 0.25) is 37.5 Å². The zero-order valence-electron chi connectivity index (χ0n) is 6.41. The van der Waals surface area contributed by atoms with Crippen LogP contribution in [0, 0.1) is 0 Å². The summed E-state index contributed by atoms with van der Waals surface area (Å²) >= 11 is 0. The highest BCUT2D eigenvalue weighted by Crippen LogP contribution is 2.39. The van der Waals surface area contributed by atoms with Gasteiger partial charge in [0, 0.05) is 16.1 Å². The van der Waals surface area contributed by atoms with Gasteiger partial charge in [-0.15, -0.1) is 0 Å². The third kappa shape index (κ3) is 1.23. The largest absolute Gasteiger partial charge is 0.0698 e. The van der Waals surface area contributed by atoms with Crippen molar-refractivity contribution < 1.29 is 0 Å². The Morgan fingerprint density at radius 3 is 1.00 bits per heavy atom. The summed E-state index contributed by atoms with van der Waals surface area (Å²) in [6, 6.07) is 0. The third-order valence-corrected chi connectivity index (χ3v) is 17.2. The Morgan fingerprint density at radius 1 is 0.750 bits per heavy atom. The molecule has 1 fully saturated rings. The predicted octanol–water partition coefficient (Wildman–Crippen LogP) is 2.50. The summed E-state index contributed by atoms with van der Waals surface area (Å²) in [5, 5.41) is 0. The molecule has 0 aromatic heterocycles. The van der Waals surface area contributed by atoms with Gasteiger partial charge in [0.15, 0.2) is 0 Å². The highest BCUT2D eigenvalue weighted by Gasteiger charge is 2.44. The standard InChI is InChI=1S/C6H16Si2/c1-7(2)5-8(3,4)6-7/h5-6H2,1-4H3. The minimum Gasteiger partial charge on any atom is -0.0698 e. The van der Waals surface area contributed by atoms with E-state index in [1.54, 1.807) is 11.3 Å². The molecule has 1 rings (SSSR count). The number of hydrogen-bond donors (Lipinski definition) is 0. The van der Waals surface area contributed by atoms with E-state index in [0.29, 0.717) is 0 Å². The van der Waals surface area contributed by atoms with Crippen LogP contribution in [-0.2, 0) is 0 Å². The second-order valence-electron chi connectivity index (χ2n) is 4.68. The molecule has 0 spiro atoms. The van der Waals surface area contributed by atoms with E-state index < -0.39 is 16.1 Å². The maximum Gasteiger partial charge on any atom is 0.0421 e. The lowest BCUT2D eigenvalue weighted by molar-refractivity contribution is 1.34. The molecule has 0 aromatic carbocycles. The maximum atomic E-state index is 2.52. The Bertz CT molecular complexity index is 83.1. The zero-order valence-corrected chi connectivity index (χ0v) is 8.41. The van der Waals surface area contributed by atoms with Gasteiger partial charge in [0.2, 0.25) is 0 Å². The van der Waals surface area contributed by atoms with E-state index in [4.69, 9.17) is 0 Å². The molecule has 0 saturated carbocycles. The lowest BCUT2D eigenvalue weighted by atomic mass is 11.7. The van der Waals surface area contributed by atoms with Gasteiger partial charge in [-0.1, -0.05) is 37.5 Å². The van der Waals surface area contributed by atoms with E-state index in [2.05, 4.69) is 26.2 Å². The first-order valence-electron chi connectivity index (χ1n) is 3.41. The van der Waals surface area contributed by atoms with Crippen molar-refractivity contribution in [2.24, 2.45) is 0 Å². The van der Waals surface area contributed by atoms with Gasteiger partial charge in [-0.3, -0.25) is 0 Å². The van der Waals surface area contributed by atoms with Crippen LogP contribution in [0.5, 0.6) is 0 Å². The molecule has 0 amide bonds. The van der Waals surface area contributed by atoms with Crippen molar-refractivity contribution in [2.45, 2.75) is 37.5 Å². The van der Waals surface area contributed by atoms with E-state index in [9.17, 15) is 0 Å². The van der Waals surface area contributed by atoms with Crippen LogP contribution in [0.25, 0.3) is 0 Å². The molecule has 1 heterocycles. The predicted molar refractivity (Wildman–Crippen MR) is 44.6 cm³/mol. The van der Waals surface area contributed by atoms with Crippen LogP contribution in [0.1, 0.15) is 0 Å². The summed E-state index contributed by atoms with van der Waals surface area (Å²) in [6.45, 7) is 10.1. The Kier molecular flexibility index (Phi) is 1.21. The van der Waals surface area contributed by atoms with Crippen molar-refractivity contribution >= 4 is 16.1 Å². The summed E-state index contributed by atoms with van der Waals surface area (Å²) in [5.41, 5.74) is 3.36. The molecular formula is C6H16Si2. The first-order valence-corrected chi connectivity index (χ1v) is 10.2. The molecule has 0 bridgehead atoms. The van der Waals surface area contributed by atoms with Gasteiger partial charge in [-0.05, 0) is 0 Å². The van der Waals surface area contributed by atoms with Gasteiger partial charge in [0.25, 0.3) is 0 Å². The van der Waals surface area contributed by atoms with E-state index >= 15 is 0 Å². The zero-order chi connectivity index (χ0) is 6.41. The van der Waals surface area contributed by atoms with E-state index in [-0.39, 0.29) is 0 Å². The summed E-state index contributed by atoms with van der Waals surface area (Å²) in [5.74, 6) is 0. The van der Waals surface area contributed by atoms with Crippen LogP contribution < -0.4 is 0 Å². The monoisotopic (exact) mass is 144 g/mol. The van der Waals surface area contributed by atoms with E-state index in [1.165, 1.54) is 0 Å². The first kappa shape index (κ1) is 6.55. The van der Waals surface area contributed by atoms with Gasteiger partial charge in [-0.2, -0.15) is 0 Å². The molecule has 0 aliphatic carbocycles. The smallest absolute Gasteiger partial charge is 0.0421 e. The molecule has 0 aromatic rings. The highest BCUT2D eigenvalue weighted by atomic mass is 28.5. The number of hydrogen-bond acceptors (Lipinski definition) is 0. The van der Waals surface area contributed by atoms with Crippen molar-refractivity contribution in [3.05, 3.63) is 0 Å². The maximum absolute atomic E-state index is 2.52.